The molecule has 2 aliphatic rings. The van der Waals surface area contributed by atoms with Gasteiger partial charge in [-0.25, -0.2) is 8.42 Å². The molecule has 0 N–H and O–H groups in total. The normalized spacial score (nSPS) is 25.3. The number of piperidine rings is 1. The van der Waals surface area contributed by atoms with Crippen LogP contribution in [0.25, 0.3) is 0 Å². The fourth-order valence-electron chi connectivity index (χ4n) is 4.13. The van der Waals surface area contributed by atoms with Crippen LogP contribution in [0.3, 0.4) is 0 Å². The first kappa shape index (κ1) is 17.3. The lowest BCUT2D eigenvalue weighted by Gasteiger charge is -2.34. The second kappa shape index (κ2) is 6.89. The minimum absolute atomic E-state index is 0.0594. The minimum atomic E-state index is -3.57. The smallest absolute Gasteiger partial charge is 0.245 e. The molecule has 1 aliphatic carbocycles. The molecular formula is C19H22N2O4S. The zero-order chi connectivity index (χ0) is 18.1. The zero-order valence-corrected chi connectivity index (χ0v) is 15.4. The first-order valence-electron chi connectivity index (χ1n) is 8.80. The molecule has 2 aromatic rings. The van der Waals surface area contributed by atoms with Crippen molar-refractivity contribution in [3.8, 4) is 11.5 Å². The largest absolute Gasteiger partial charge is 0.497 e. The number of methoxy groups -OCH3 is 1. The lowest BCUT2D eigenvalue weighted by atomic mass is 10.0. The van der Waals surface area contributed by atoms with Crippen molar-refractivity contribution >= 4 is 10.0 Å². The van der Waals surface area contributed by atoms with E-state index in [-0.39, 0.29) is 17.0 Å². The van der Waals surface area contributed by atoms with E-state index in [0.717, 1.165) is 25.0 Å². The summed E-state index contributed by atoms with van der Waals surface area (Å²) in [6.45, 7) is 0.341. The van der Waals surface area contributed by atoms with Crippen LogP contribution in [-0.2, 0) is 10.0 Å². The van der Waals surface area contributed by atoms with Gasteiger partial charge in [0.05, 0.1) is 13.2 Å². The number of pyridine rings is 1. The Kier molecular flexibility index (Phi) is 4.58. The van der Waals surface area contributed by atoms with E-state index in [9.17, 15) is 8.42 Å². The van der Waals surface area contributed by atoms with Crippen LogP contribution in [-0.4, -0.2) is 43.5 Å². The van der Waals surface area contributed by atoms with Crippen LogP contribution in [0.2, 0.25) is 0 Å². The van der Waals surface area contributed by atoms with Gasteiger partial charge in [0.25, 0.3) is 0 Å². The van der Waals surface area contributed by atoms with E-state index in [2.05, 4.69) is 4.98 Å². The van der Waals surface area contributed by atoms with Gasteiger partial charge in [0.15, 0.2) is 0 Å². The van der Waals surface area contributed by atoms with Crippen molar-refractivity contribution < 1.29 is 17.9 Å². The summed E-state index contributed by atoms with van der Waals surface area (Å²) in [6, 6.07) is 10.6. The monoisotopic (exact) mass is 374 g/mol. The third kappa shape index (κ3) is 3.05. The molecule has 138 valence electrons. The summed E-state index contributed by atoms with van der Waals surface area (Å²) >= 11 is 0. The second-order valence-electron chi connectivity index (χ2n) is 6.81. The molecule has 3 atom stereocenters. The van der Waals surface area contributed by atoms with E-state index >= 15 is 0 Å². The van der Waals surface area contributed by atoms with Gasteiger partial charge in [0, 0.05) is 24.5 Å². The third-order valence-electron chi connectivity index (χ3n) is 5.35. The van der Waals surface area contributed by atoms with Crippen molar-refractivity contribution in [1.29, 1.82) is 0 Å². The molecule has 1 aromatic carbocycles. The van der Waals surface area contributed by atoms with Crippen LogP contribution < -0.4 is 9.47 Å². The predicted octanol–water partition coefficient (Wildman–Crippen LogP) is 2.71. The van der Waals surface area contributed by atoms with Gasteiger partial charge >= 0.3 is 0 Å². The average molecular weight is 374 g/mol. The maximum atomic E-state index is 13.2. The van der Waals surface area contributed by atoms with Gasteiger partial charge in [-0.1, -0.05) is 6.07 Å². The van der Waals surface area contributed by atoms with Crippen LogP contribution in [0.15, 0.2) is 53.7 Å². The molecule has 1 aliphatic heterocycles. The van der Waals surface area contributed by atoms with E-state index in [0.29, 0.717) is 18.3 Å². The number of sulfonamides is 1. The number of benzene rings is 1. The van der Waals surface area contributed by atoms with E-state index in [1.54, 1.807) is 29.7 Å². The maximum absolute atomic E-state index is 13.2. The SMILES string of the molecule is COc1cccc(OC[C@@H]2[C@@H]3CC[C@H](C3)N2S(=O)(=O)c2cccnc2)c1. The van der Waals surface area contributed by atoms with Gasteiger partial charge in [-0.2, -0.15) is 4.31 Å². The summed E-state index contributed by atoms with van der Waals surface area (Å²) in [5.41, 5.74) is 0. The average Bonchev–Trinajstić information content (AvgIpc) is 3.29. The van der Waals surface area contributed by atoms with Crippen molar-refractivity contribution in [2.24, 2.45) is 5.92 Å². The van der Waals surface area contributed by atoms with Crippen LogP contribution in [0.5, 0.6) is 11.5 Å². The van der Waals surface area contributed by atoms with Crippen molar-refractivity contribution in [2.45, 2.75) is 36.2 Å². The highest BCUT2D eigenvalue weighted by molar-refractivity contribution is 7.89. The lowest BCUT2D eigenvalue weighted by molar-refractivity contribution is 0.162. The quantitative estimate of drug-likeness (QED) is 0.778. The van der Waals surface area contributed by atoms with Gasteiger partial charge in [-0.05, 0) is 49.4 Å². The Hall–Kier alpha value is -2.12. The van der Waals surface area contributed by atoms with Crippen molar-refractivity contribution in [3.05, 3.63) is 48.8 Å². The summed E-state index contributed by atoms with van der Waals surface area (Å²) in [5.74, 6) is 1.75. The molecule has 1 saturated carbocycles. The minimum Gasteiger partial charge on any atom is -0.497 e. The Labute approximate surface area is 153 Å². The number of rotatable bonds is 6. The predicted molar refractivity (Wildman–Crippen MR) is 96.7 cm³/mol. The Bertz CT molecular complexity index is 872. The van der Waals surface area contributed by atoms with E-state index in [4.69, 9.17) is 9.47 Å². The first-order valence-corrected chi connectivity index (χ1v) is 10.2. The molecule has 7 heteroatoms. The molecule has 2 fully saturated rings. The molecule has 2 bridgehead atoms. The van der Waals surface area contributed by atoms with E-state index in [1.165, 1.54) is 6.20 Å². The van der Waals surface area contributed by atoms with Crippen LogP contribution >= 0.6 is 0 Å². The summed E-state index contributed by atoms with van der Waals surface area (Å²) in [5, 5.41) is 0. The molecule has 1 aromatic heterocycles. The van der Waals surface area contributed by atoms with E-state index in [1.807, 2.05) is 24.3 Å². The Morgan fingerprint density at radius 3 is 2.81 bits per heavy atom. The maximum Gasteiger partial charge on any atom is 0.245 e. The highest BCUT2D eigenvalue weighted by atomic mass is 32.2. The van der Waals surface area contributed by atoms with Crippen LogP contribution in [0.4, 0.5) is 0 Å². The van der Waals surface area contributed by atoms with E-state index < -0.39 is 10.0 Å². The fraction of sp³-hybridized carbons (Fsp3) is 0.421. The summed E-state index contributed by atoms with van der Waals surface area (Å²) in [7, 11) is -1.96. The van der Waals surface area contributed by atoms with Crippen molar-refractivity contribution in [1.82, 2.24) is 9.29 Å². The fourth-order valence-corrected chi connectivity index (χ4v) is 5.99. The third-order valence-corrected chi connectivity index (χ3v) is 7.31. The molecule has 0 amide bonds. The second-order valence-corrected chi connectivity index (χ2v) is 8.65. The number of hydrogen-bond donors (Lipinski definition) is 0. The topological polar surface area (TPSA) is 68.7 Å². The number of nitrogens with zero attached hydrogens (tertiary/aromatic N) is 2. The molecule has 6 nitrogen and oxygen atoms in total. The Morgan fingerprint density at radius 1 is 1.19 bits per heavy atom. The standard InChI is InChI=1S/C19H22N2O4S/c1-24-16-4-2-5-17(11-16)25-13-19-14-7-8-15(10-14)21(19)26(22,23)18-6-3-9-20-12-18/h2-6,9,11-12,14-15,19H,7-8,10,13H2,1H3/t14-,15-,19-/m1/s1. The van der Waals surface area contributed by atoms with Gasteiger partial charge in [-0.15, -0.1) is 0 Å². The molecular weight excluding hydrogens is 352 g/mol. The molecule has 0 radical (unpaired) electrons. The van der Waals surface area contributed by atoms with Gasteiger partial charge in [0.1, 0.15) is 23.0 Å². The molecule has 0 spiro atoms. The highest BCUT2D eigenvalue weighted by Gasteiger charge is 2.51. The Morgan fingerprint density at radius 2 is 2.04 bits per heavy atom. The zero-order valence-electron chi connectivity index (χ0n) is 14.6. The molecule has 0 unspecified atom stereocenters. The molecule has 1 saturated heterocycles. The summed E-state index contributed by atoms with van der Waals surface area (Å²) < 4.78 is 39.1. The highest BCUT2D eigenvalue weighted by Crippen LogP contribution is 2.45. The first-order chi connectivity index (χ1) is 12.6. The van der Waals surface area contributed by atoms with Crippen LogP contribution in [0.1, 0.15) is 19.3 Å². The Balaban J connectivity index is 1.56. The number of ether oxygens (including phenoxy) is 2. The number of aromatic nitrogens is 1. The van der Waals surface area contributed by atoms with Crippen LogP contribution in [0, 0.1) is 5.92 Å². The summed E-state index contributed by atoms with van der Waals surface area (Å²) in [4.78, 5) is 4.22. The lowest BCUT2D eigenvalue weighted by Crippen LogP contribution is -2.47. The van der Waals surface area contributed by atoms with Crippen molar-refractivity contribution in [2.75, 3.05) is 13.7 Å². The molecule has 26 heavy (non-hydrogen) atoms. The van der Waals surface area contributed by atoms with Gasteiger partial charge in [-0.3, -0.25) is 4.98 Å². The molecule has 4 rings (SSSR count). The number of hydrogen-bond acceptors (Lipinski definition) is 5. The summed E-state index contributed by atoms with van der Waals surface area (Å²) in [6.07, 6.45) is 5.88. The van der Waals surface area contributed by atoms with Gasteiger partial charge < -0.3 is 9.47 Å². The van der Waals surface area contributed by atoms with Crippen molar-refractivity contribution in [3.63, 3.8) is 0 Å². The number of fused-ring (bicyclic) bond motifs is 2. The molecule has 2 heterocycles. The van der Waals surface area contributed by atoms with Gasteiger partial charge in [0.2, 0.25) is 10.0 Å².